The molecular formula is C88H102N4S4. The van der Waals surface area contributed by atoms with E-state index in [2.05, 4.69) is 242 Å². The Morgan fingerprint density at radius 2 is 0.521 bits per heavy atom. The van der Waals surface area contributed by atoms with E-state index in [1.807, 2.05) is 53.1 Å². The molecule has 0 N–H and O–H groups in total. The van der Waals surface area contributed by atoms with Gasteiger partial charge in [-0.15, -0.1) is 0 Å². The highest BCUT2D eigenvalue weighted by Crippen LogP contribution is 2.54. The number of benzene rings is 8. The molecule has 8 aromatic rings. The van der Waals surface area contributed by atoms with E-state index in [1.54, 1.807) is 0 Å². The first-order chi connectivity index (χ1) is 47.4. The average molecular weight is 1340 g/mol. The average Bonchev–Trinajstić information content (AvgIpc) is 0.793. The molecule has 0 bridgehead atoms. The van der Waals surface area contributed by atoms with Crippen LogP contribution in [0.1, 0.15) is 221 Å². The van der Waals surface area contributed by atoms with Gasteiger partial charge in [0.15, 0.2) is 0 Å². The van der Waals surface area contributed by atoms with Gasteiger partial charge in [0.2, 0.25) is 0 Å². The van der Waals surface area contributed by atoms with E-state index in [0.29, 0.717) is 0 Å². The van der Waals surface area contributed by atoms with E-state index in [-0.39, 0.29) is 0 Å². The van der Waals surface area contributed by atoms with Gasteiger partial charge < -0.3 is 19.6 Å². The van der Waals surface area contributed by atoms with E-state index in [0.717, 1.165) is 26.2 Å². The Bertz CT molecular complexity index is 4010. The molecule has 12 rings (SSSR count). The third kappa shape index (κ3) is 17.4. The number of unbranched alkanes of at least 4 members (excludes halogenated alkanes) is 20. The first-order valence-corrected chi connectivity index (χ1v) is 40.2. The zero-order valence-corrected chi connectivity index (χ0v) is 61.2. The van der Waals surface area contributed by atoms with Gasteiger partial charge in [0.25, 0.3) is 0 Å². The second kappa shape index (κ2) is 35.2. The van der Waals surface area contributed by atoms with Crippen LogP contribution in [0.5, 0.6) is 0 Å². The zero-order chi connectivity index (χ0) is 65.8. The molecule has 8 aromatic carbocycles. The molecule has 4 aliphatic rings. The van der Waals surface area contributed by atoms with Crippen molar-refractivity contribution in [3.8, 4) is 0 Å². The Labute approximate surface area is 594 Å². The smallest absolute Gasteiger partial charge is 0.0558 e. The van der Waals surface area contributed by atoms with Gasteiger partial charge >= 0.3 is 0 Å². The summed E-state index contributed by atoms with van der Waals surface area (Å²) in [6.45, 7) is 17.6. The van der Waals surface area contributed by atoms with Gasteiger partial charge in [-0.2, -0.15) is 0 Å². The summed E-state index contributed by atoms with van der Waals surface area (Å²) in [6, 6.07) is 58.4. The molecule has 0 spiro atoms. The number of anilines is 8. The van der Waals surface area contributed by atoms with Crippen molar-refractivity contribution in [2.75, 3.05) is 45.8 Å². The molecule has 8 heteroatoms. The van der Waals surface area contributed by atoms with E-state index < -0.39 is 0 Å². The maximum Gasteiger partial charge on any atom is 0.0558 e. The van der Waals surface area contributed by atoms with Crippen molar-refractivity contribution in [3.63, 3.8) is 0 Å². The van der Waals surface area contributed by atoms with Crippen molar-refractivity contribution in [2.45, 2.75) is 221 Å². The Balaban J connectivity index is 0.763. The minimum Gasteiger partial charge on any atom is -0.340 e. The third-order valence-electron chi connectivity index (χ3n) is 19.6. The monoisotopic (exact) mass is 1340 g/mol. The van der Waals surface area contributed by atoms with Gasteiger partial charge in [-0.3, -0.25) is 0 Å². The topological polar surface area (TPSA) is 13.0 Å². The molecule has 0 fully saturated rings. The summed E-state index contributed by atoms with van der Waals surface area (Å²) in [5.41, 5.74) is 19.2. The number of nitrogens with zero attached hydrogens (tertiary/aromatic N) is 4. The lowest BCUT2D eigenvalue weighted by atomic mass is 10.1. The van der Waals surface area contributed by atoms with Crippen LogP contribution in [0, 0.1) is 0 Å². The highest BCUT2D eigenvalue weighted by Gasteiger charge is 2.29. The molecule has 0 saturated carbocycles. The normalized spacial score (nSPS) is 13.6. The minimum absolute atomic E-state index is 1.02. The molecule has 4 nitrogen and oxygen atoms in total. The van der Waals surface area contributed by atoms with E-state index in [1.165, 1.54) is 278 Å². The molecule has 0 radical (unpaired) electrons. The molecule has 0 unspecified atom stereocenters. The molecule has 0 aromatic heterocycles. The van der Waals surface area contributed by atoms with Crippen molar-refractivity contribution in [2.24, 2.45) is 0 Å². The predicted molar refractivity (Wildman–Crippen MR) is 426 cm³/mol. The summed E-state index contributed by atoms with van der Waals surface area (Å²) >= 11 is 7.67. The Morgan fingerprint density at radius 1 is 0.260 bits per heavy atom. The molecule has 4 heterocycles. The van der Waals surface area contributed by atoms with Gasteiger partial charge in [-0.1, -0.05) is 313 Å². The van der Waals surface area contributed by atoms with Crippen LogP contribution in [-0.4, -0.2) is 26.2 Å². The first kappa shape index (κ1) is 69.2. The van der Waals surface area contributed by atoms with Crippen LogP contribution in [0.2, 0.25) is 0 Å². The molecule has 4 aliphatic heterocycles. The largest absolute Gasteiger partial charge is 0.340 e. The molecule has 498 valence electrons. The Kier molecular flexibility index (Phi) is 25.4. The summed E-state index contributed by atoms with van der Waals surface area (Å²) in [7, 11) is 0. The fourth-order valence-electron chi connectivity index (χ4n) is 14.2. The Morgan fingerprint density at radius 3 is 0.844 bits per heavy atom. The van der Waals surface area contributed by atoms with Crippen LogP contribution in [0.15, 0.2) is 197 Å². The van der Waals surface area contributed by atoms with E-state index >= 15 is 0 Å². The lowest BCUT2D eigenvalue weighted by Crippen LogP contribution is -2.22. The van der Waals surface area contributed by atoms with E-state index in [4.69, 9.17) is 0 Å². The van der Waals surface area contributed by atoms with Crippen molar-refractivity contribution < 1.29 is 0 Å². The van der Waals surface area contributed by atoms with Crippen molar-refractivity contribution in [1.82, 2.24) is 0 Å². The predicted octanol–water partition coefficient (Wildman–Crippen LogP) is 28.7. The molecule has 96 heavy (non-hydrogen) atoms. The lowest BCUT2D eigenvalue weighted by molar-refractivity contribution is 0.608. The fourth-order valence-corrected chi connectivity index (χ4v) is 18.9. The maximum absolute atomic E-state index is 4.21. The molecule has 0 amide bonds. The van der Waals surface area contributed by atoms with E-state index in [9.17, 15) is 0 Å². The van der Waals surface area contributed by atoms with Gasteiger partial charge in [-0.25, -0.2) is 0 Å². The van der Waals surface area contributed by atoms with Crippen LogP contribution in [0.3, 0.4) is 0 Å². The highest BCUT2D eigenvalue weighted by atomic mass is 32.2. The first-order valence-electron chi connectivity index (χ1n) is 36.9. The van der Waals surface area contributed by atoms with Gasteiger partial charge in [0.1, 0.15) is 0 Å². The van der Waals surface area contributed by atoms with Gasteiger partial charge in [0, 0.05) is 65.3 Å². The third-order valence-corrected chi connectivity index (χ3v) is 24.1. The minimum atomic E-state index is 1.02. The number of rotatable bonds is 35. The molecule has 0 aliphatic carbocycles. The van der Waals surface area contributed by atoms with Crippen molar-refractivity contribution >= 4 is 135 Å². The number of hydrogen-bond donors (Lipinski definition) is 0. The number of para-hydroxylation sites is 1. The molecule has 0 saturated heterocycles. The number of fused-ring (bicyclic) bond motifs is 8. The van der Waals surface area contributed by atoms with Crippen LogP contribution in [0.25, 0.3) is 42.5 Å². The van der Waals surface area contributed by atoms with Crippen molar-refractivity contribution in [1.29, 1.82) is 0 Å². The molecular weight excluding hydrogens is 1240 g/mol. The van der Waals surface area contributed by atoms with Gasteiger partial charge in [0.05, 0.1) is 45.5 Å². The Hall–Kier alpha value is -6.68. The summed E-state index contributed by atoms with van der Waals surface area (Å²) in [6.07, 6.45) is 46.9. The van der Waals surface area contributed by atoms with Crippen LogP contribution in [-0.2, 0) is 0 Å². The van der Waals surface area contributed by atoms with Crippen LogP contribution >= 0.6 is 47.0 Å². The quantitative estimate of drug-likeness (QED) is 0.0284. The van der Waals surface area contributed by atoms with Crippen LogP contribution < -0.4 is 19.6 Å². The highest BCUT2D eigenvalue weighted by molar-refractivity contribution is 8.00. The zero-order valence-electron chi connectivity index (χ0n) is 57.9. The number of hydrogen-bond acceptors (Lipinski definition) is 8. The van der Waals surface area contributed by atoms with Gasteiger partial charge in [-0.05, 0) is 156 Å². The summed E-state index contributed by atoms with van der Waals surface area (Å²) < 4.78 is 0. The van der Waals surface area contributed by atoms with Crippen LogP contribution in [0.4, 0.5) is 45.5 Å². The molecule has 0 atom stereocenters. The maximum atomic E-state index is 4.21. The second-order valence-corrected chi connectivity index (χ2v) is 31.1. The summed E-state index contributed by atoms with van der Waals surface area (Å²) in [4.78, 5) is 21.0. The summed E-state index contributed by atoms with van der Waals surface area (Å²) in [5.74, 6) is 0. The second-order valence-electron chi connectivity index (χ2n) is 26.8. The van der Waals surface area contributed by atoms with Crippen molar-refractivity contribution in [3.05, 3.63) is 197 Å². The standard InChI is InChI=1S/C88H102N4S4/c1-6-11-15-19-23-29-56-89-73-35-27-28-37-81(73)93-82-60-66(44-50-74(82)89)38-39-67-45-51-75-83(61-67)94-84-62-68(46-52-76(84)90(75)57-30-24-20-16-12-7-2)40-41-69-47-53-77-85(63-69)95-86-64-70(48-54-78(86)91(77)58-31-25-21-17-13-8-3)42-43-71-49-55-79-87(65-71)96-88-72(10-5)34-33-36-80(88)92(79)59-32-26-22-18-14-9-4/h10,27-28,33-55,60-65H,5-9,11-26,29-32,56-59H2,1-4H3/b39-38+,41-40+,43-42+. The SMILES string of the molecule is C=Cc1cccc2c1Sc1cc(/C=C/c3ccc4c(c3)Sc3cc(/C=C/c5ccc6c(c5)Sc5cc(/C=C/c7ccc8c(c7)Sc7ccccc7N8CCCCCCCC)ccc5N6CCCCCCCC)ccc3N4CCCCCCCC)ccc1N2CCCCCCCC. The fraction of sp³-hybridized carbons (Fsp3) is 0.364. The lowest BCUT2D eigenvalue weighted by Gasteiger charge is -2.34. The summed E-state index contributed by atoms with van der Waals surface area (Å²) in [5, 5.41) is 0.